The van der Waals surface area contributed by atoms with Gasteiger partial charge in [0.25, 0.3) is 0 Å². The Morgan fingerprint density at radius 3 is 2.67 bits per heavy atom. The van der Waals surface area contributed by atoms with Crippen molar-refractivity contribution < 1.29 is 13.9 Å². The lowest BCUT2D eigenvalue weighted by molar-refractivity contribution is 0.0870. The molecule has 0 saturated heterocycles. The number of anilines is 1. The predicted molar refractivity (Wildman–Crippen MR) is 104 cm³/mol. The first kappa shape index (κ1) is 18.6. The van der Waals surface area contributed by atoms with Crippen molar-refractivity contribution in [1.82, 2.24) is 4.98 Å². The van der Waals surface area contributed by atoms with E-state index in [2.05, 4.69) is 10.3 Å². The third-order valence-corrected chi connectivity index (χ3v) is 4.01. The van der Waals surface area contributed by atoms with Gasteiger partial charge in [0.2, 0.25) is 5.89 Å². The van der Waals surface area contributed by atoms with Crippen LogP contribution in [-0.4, -0.2) is 30.0 Å². The molecule has 138 valence electrons. The lowest BCUT2D eigenvalue weighted by Crippen LogP contribution is -2.13. The van der Waals surface area contributed by atoms with Crippen LogP contribution in [0, 0.1) is 11.3 Å². The van der Waals surface area contributed by atoms with Crippen molar-refractivity contribution in [2.75, 3.05) is 18.5 Å². The van der Waals surface area contributed by atoms with E-state index in [-0.39, 0.29) is 11.9 Å². The lowest BCUT2D eigenvalue weighted by Gasteiger charge is -2.09. The number of benzene rings is 2. The Morgan fingerprint density at radius 1 is 1.30 bits per heavy atom. The predicted octanol–water partition coefficient (Wildman–Crippen LogP) is 4.41. The molecule has 6 heteroatoms. The van der Waals surface area contributed by atoms with Gasteiger partial charge in [-0.05, 0) is 57.2 Å². The normalized spacial score (nSPS) is 10.9. The minimum atomic E-state index is -0.164. The number of nitriles is 1. The summed E-state index contributed by atoms with van der Waals surface area (Å²) in [4.78, 5) is 16.3. The first-order valence-electron chi connectivity index (χ1n) is 8.79. The van der Waals surface area contributed by atoms with E-state index in [1.807, 2.05) is 44.2 Å². The zero-order valence-electron chi connectivity index (χ0n) is 15.6. The molecular formula is C21H21N3O3. The number of ketones is 1. The van der Waals surface area contributed by atoms with E-state index in [1.54, 1.807) is 6.07 Å². The van der Waals surface area contributed by atoms with Crippen molar-refractivity contribution in [1.29, 1.82) is 5.26 Å². The number of aromatic nitrogens is 1. The van der Waals surface area contributed by atoms with Crippen LogP contribution in [0.15, 0.2) is 40.8 Å². The molecule has 0 aliphatic heterocycles. The molecule has 27 heavy (non-hydrogen) atoms. The summed E-state index contributed by atoms with van der Waals surface area (Å²) in [6, 6.07) is 12.9. The average molecular weight is 363 g/mol. The Balaban J connectivity index is 1.82. The third-order valence-electron chi connectivity index (χ3n) is 4.01. The standard InChI is InChI=1S/C21H21N3O3/c1-13(2)26-9-8-23-17-6-4-16(5-7-17)21-24-19-11-15(12-22)10-18(14(3)25)20(19)27-21/h4-7,10-11,13,23H,8-9H2,1-3H3. The molecule has 0 atom stereocenters. The van der Waals surface area contributed by atoms with Gasteiger partial charge in [-0.15, -0.1) is 0 Å². The largest absolute Gasteiger partial charge is 0.435 e. The summed E-state index contributed by atoms with van der Waals surface area (Å²) in [6.07, 6.45) is 0.217. The van der Waals surface area contributed by atoms with Crippen molar-refractivity contribution in [3.8, 4) is 17.5 Å². The minimum Gasteiger partial charge on any atom is -0.435 e. The average Bonchev–Trinajstić information content (AvgIpc) is 3.08. The molecule has 0 amide bonds. The number of nitrogens with one attached hydrogen (secondary N) is 1. The van der Waals surface area contributed by atoms with E-state index in [0.717, 1.165) is 17.8 Å². The number of hydrogen-bond acceptors (Lipinski definition) is 6. The summed E-state index contributed by atoms with van der Waals surface area (Å²) >= 11 is 0. The topological polar surface area (TPSA) is 88.2 Å². The zero-order valence-corrected chi connectivity index (χ0v) is 15.6. The van der Waals surface area contributed by atoms with Crippen LogP contribution < -0.4 is 5.32 Å². The number of rotatable bonds is 7. The summed E-state index contributed by atoms with van der Waals surface area (Å²) in [5, 5.41) is 12.4. The fraction of sp³-hybridized carbons (Fsp3) is 0.286. The highest BCUT2D eigenvalue weighted by Crippen LogP contribution is 2.28. The maximum Gasteiger partial charge on any atom is 0.227 e. The summed E-state index contributed by atoms with van der Waals surface area (Å²) in [5.74, 6) is 0.250. The first-order chi connectivity index (χ1) is 13.0. The Hall–Kier alpha value is -3.17. The van der Waals surface area contributed by atoms with E-state index in [9.17, 15) is 4.79 Å². The maximum atomic E-state index is 11.9. The molecule has 1 heterocycles. The van der Waals surface area contributed by atoms with Crippen LogP contribution in [0.4, 0.5) is 5.69 Å². The molecule has 6 nitrogen and oxygen atoms in total. The van der Waals surface area contributed by atoms with E-state index >= 15 is 0 Å². The SMILES string of the molecule is CC(=O)c1cc(C#N)cc2nc(-c3ccc(NCCOC(C)C)cc3)oc12. The van der Waals surface area contributed by atoms with Crippen molar-refractivity contribution in [3.05, 3.63) is 47.5 Å². The van der Waals surface area contributed by atoms with Crippen molar-refractivity contribution in [3.63, 3.8) is 0 Å². The van der Waals surface area contributed by atoms with E-state index in [1.165, 1.54) is 13.0 Å². The van der Waals surface area contributed by atoms with Gasteiger partial charge in [0.1, 0.15) is 5.52 Å². The lowest BCUT2D eigenvalue weighted by atomic mass is 10.1. The van der Waals surface area contributed by atoms with Gasteiger partial charge in [-0.3, -0.25) is 4.79 Å². The number of nitrogens with zero attached hydrogens (tertiary/aromatic N) is 2. The molecule has 0 spiro atoms. The molecule has 1 aromatic heterocycles. The van der Waals surface area contributed by atoms with Crippen LogP contribution in [0.2, 0.25) is 0 Å². The zero-order chi connectivity index (χ0) is 19.4. The number of Topliss-reactive ketones (excluding diaryl/α,β-unsaturated/α-hetero) is 1. The number of hydrogen-bond donors (Lipinski definition) is 1. The van der Waals surface area contributed by atoms with Crippen LogP contribution in [0.5, 0.6) is 0 Å². The van der Waals surface area contributed by atoms with Crippen LogP contribution in [0.25, 0.3) is 22.6 Å². The fourth-order valence-electron chi connectivity index (χ4n) is 2.70. The van der Waals surface area contributed by atoms with E-state index in [4.69, 9.17) is 14.4 Å². The van der Waals surface area contributed by atoms with E-state index in [0.29, 0.717) is 34.7 Å². The second kappa shape index (κ2) is 8.02. The van der Waals surface area contributed by atoms with Gasteiger partial charge in [0.15, 0.2) is 11.4 Å². The van der Waals surface area contributed by atoms with Crippen LogP contribution in [-0.2, 0) is 4.74 Å². The molecule has 0 radical (unpaired) electrons. The number of oxazole rings is 1. The van der Waals surface area contributed by atoms with Crippen molar-refractivity contribution >= 4 is 22.6 Å². The van der Waals surface area contributed by atoms with Crippen molar-refractivity contribution in [2.24, 2.45) is 0 Å². The van der Waals surface area contributed by atoms with Gasteiger partial charge in [0, 0.05) is 17.8 Å². The molecule has 0 unspecified atom stereocenters. The summed E-state index contributed by atoms with van der Waals surface area (Å²) in [7, 11) is 0. The quantitative estimate of drug-likeness (QED) is 0.494. The number of fused-ring (bicyclic) bond motifs is 1. The second-order valence-corrected chi connectivity index (χ2v) is 6.48. The molecule has 0 fully saturated rings. The fourth-order valence-corrected chi connectivity index (χ4v) is 2.70. The van der Waals surface area contributed by atoms with Gasteiger partial charge in [-0.1, -0.05) is 0 Å². The van der Waals surface area contributed by atoms with Gasteiger partial charge in [-0.2, -0.15) is 5.26 Å². The van der Waals surface area contributed by atoms with Crippen LogP contribution >= 0.6 is 0 Å². The molecule has 0 bridgehead atoms. The van der Waals surface area contributed by atoms with Gasteiger partial charge < -0.3 is 14.5 Å². The molecule has 0 aliphatic rings. The number of ether oxygens (including phenoxy) is 1. The van der Waals surface area contributed by atoms with E-state index < -0.39 is 0 Å². The summed E-state index contributed by atoms with van der Waals surface area (Å²) in [5.41, 5.74) is 3.43. The van der Waals surface area contributed by atoms with Gasteiger partial charge in [-0.25, -0.2) is 4.98 Å². The summed E-state index contributed by atoms with van der Waals surface area (Å²) in [6.45, 7) is 6.82. The number of carbonyl (C=O) groups excluding carboxylic acids is 1. The summed E-state index contributed by atoms with van der Waals surface area (Å²) < 4.78 is 11.3. The molecule has 2 aromatic carbocycles. The van der Waals surface area contributed by atoms with Crippen LogP contribution in [0.3, 0.4) is 0 Å². The number of carbonyl (C=O) groups is 1. The highest BCUT2D eigenvalue weighted by atomic mass is 16.5. The molecule has 3 rings (SSSR count). The molecular weight excluding hydrogens is 342 g/mol. The highest BCUT2D eigenvalue weighted by molar-refractivity contribution is 6.05. The molecule has 0 saturated carbocycles. The molecule has 1 N–H and O–H groups in total. The second-order valence-electron chi connectivity index (χ2n) is 6.48. The first-order valence-corrected chi connectivity index (χ1v) is 8.79. The van der Waals surface area contributed by atoms with Crippen LogP contribution in [0.1, 0.15) is 36.7 Å². The minimum absolute atomic E-state index is 0.164. The molecule has 3 aromatic rings. The highest BCUT2D eigenvalue weighted by Gasteiger charge is 2.16. The Kier molecular flexibility index (Phi) is 5.53. The Labute approximate surface area is 157 Å². The maximum absolute atomic E-state index is 11.9. The van der Waals surface area contributed by atoms with Gasteiger partial charge in [0.05, 0.1) is 29.9 Å². The Bertz CT molecular complexity index is 998. The smallest absolute Gasteiger partial charge is 0.227 e. The monoisotopic (exact) mass is 363 g/mol. The van der Waals surface area contributed by atoms with Crippen molar-refractivity contribution in [2.45, 2.75) is 26.9 Å². The van der Waals surface area contributed by atoms with Gasteiger partial charge >= 0.3 is 0 Å². The third kappa shape index (κ3) is 4.33. The molecule has 0 aliphatic carbocycles. The Morgan fingerprint density at radius 2 is 2.04 bits per heavy atom.